The molecule has 2 amide bonds. The molecule has 2 N–H and O–H groups in total. The standard InChI is InChI=1S/C23H35N5O2/c1-17(2)20-9-8-10-24-22(20)16-28(12-7-6-11-27(5)23(29)26-30)15-21-19(4)13-18(3)14-25-21/h8-10,13-14,17,30H,6-7,11-12,15-16H2,1-5H3,(H,26,29). The van der Waals surface area contributed by atoms with Crippen molar-refractivity contribution >= 4 is 6.03 Å². The van der Waals surface area contributed by atoms with Crippen LogP contribution in [0.1, 0.15) is 60.7 Å². The highest BCUT2D eigenvalue weighted by Crippen LogP contribution is 2.20. The summed E-state index contributed by atoms with van der Waals surface area (Å²) in [6.07, 6.45) is 5.55. The predicted octanol–water partition coefficient (Wildman–Crippen LogP) is 4.03. The molecular formula is C23H35N5O2. The van der Waals surface area contributed by atoms with Gasteiger partial charge >= 0.3 is 6.03 Å². The SMILES string of the molecule is Cc1cnc(CN(CCCCN(C)C(=O)NO)Cc2ncccc2C(C)C)c(C)c1. The van der Waals surface area contributed by atoms with E-state index < -0.39 is 6.03 Å². The minimum absolute atomic E-state index is 0.417. The molecule has 2 aromatic heterocycles. The smallest absolute Gasteiger partial charge is 0.326 e. The van der Waals surface area contributed by atoms with Crippen LogP contribution in [0.2, 0.25) is 0 Å². The van der Waals surface area contributed by atoms with E-state index in [4.69, 9.17) is 5.21 Å². The maximum absolute atomic E-state index is 11.4. The van der Waals surface area contributed by atoms with Gasteiger partial charge in [0.1, 0.15) is 0 Å². The van der Waals surface area contributed by atoms with Crippen LogP contribution in [-0.2, 0) is 13.1 Å². The Labute approximate surface area is 180 Å². The second-order valence-electron chi connectivity index (χ2n) is 8.23. The van der Waals surface area contributed by atoms with Crippen molar-refractivity contribution in [3.8, 4) is 0 Å². The number of nitrogens with zero attached hydrogens (tertiary/aromatic N) is 4. The Hall–Kier alpha value is -2.51. The molecule has 0 aliphatic carbocycles. The Morgan fingerprint density at radius 1 is 1.13 bits per heavy atom. The zero-order valence-electron chi connectivity index (χ0n) is 18.9. The monoisotopic (exact) mass is 413 g/mol. The van der Waals surface area contributed by atoms with Gasteiger partial charge in [0, 0.05) is 39.1 Å². The van der Waals surface area contributed by atoms with Gasteiger partial charge in [-0.05, 0) is 61.9 Å². The van der Waals surface area contributed by atoms with Crippen molar-refractivity contribution in [1.29, 1.82) is 0 Å². The van der Waals surface area contributed by atoms with Crippen LogP contribution in [-0.4, -0.2) is 51.1 Å². The maximum atomic E-state index is 11.4. The molecule has 0 saturated carbocycles. The molecule has 0 bridgehead atoms. The molecule has 0 aromatic carbocycles. The highest BCUT2D eigenvalue weighted by atomic mass is 16.5. The Bertz CT molecular complexity index is 825. The van der Waals surface area contributed by atoms with Gasteiger partial charge in [-0.1, -0.05) is 26.0 Å². The number of rotatable bonds is 10. The summed E-state index contributed by atoms with van der Waals surface area (Å²) in [5, 5.41) is 8.73. The van der Waals surface area contributed by atoms with E-state index in [-0.39, 0.29) is 0 Å². The van der Waals surface area contributed by atoms with Crippen molar-refractivity contribution in [3.63, 3.8) is 0 Å². The Morgan fingerprint density at radius 3 is 2.50 bits per heavy atom. The van der Waals surface area contributed by atoms with Crippen LogP contribution in [0.5, 0.6) is 0 Å². The third-order valence-corrected chi connectivity index (χ3v) is 5.28. The zero-order valence-corrected chi connectivity index (χ0v) is 18.9. The van der Waals surface area contributed by atoms with E-state index in [1.54, 1.807) is 12.5 Å². The Morgan fingerprint density at radius 2 is 1.83 bits per heavy atom. The third kappa shape index (κ3) is 7.07. The quantitative estimate of drug-likeness (QED) is 0.349. The van der Waals surface area contributed by atoms with Gasteiger partial charge in [-0.15, -0.1) is 0 Å². The van der Waals surface area contributed by atoms with Crippen LogP contribution >= 0.6 is 0 Å². The fraction of sp³-hybridized carbons (Fsp3) is 0.522. The molecular weight excluding hydrogens is 378 g/mol. The van der Waals surface area contributed by atoms with Crippen LogP contribution < -0.4 is 5.48 Å². The van der Waals surface area contributed by atoms with Crippen molar-refractivity contribution in [3.05, 3.63) is 58.7 Å². The van der Waals surface area contributed by atoms with E-state index in [9.17, 15) is 4.79 Å². The Kier molecular flexibility index (Phi) is 9.20. The molecule has 0 spiro atoms. The summed E-state index contributed by atoms with van der Waals surface area (Å²) < 4.78 is 0. The molecule has 0 atom stereocenters. The highest BCUT2D eigenvalue weighted by Gasteiger charge is 2.15. The molecule has 2 aromatic rings. The van der Waals surface area contributed by atoms with E-state index in [0.29, 0.717) is 12.5 Å². The third-order valence-electron chi connectivity index (χ3n) is 5.28. The summed E-state index contributed by atoms with van der Waals surface area (Å²) in [5.74, 6) is 0.417. The summed E-state index contributed by atoms with van der Waals surface area (Å²) in [4.78, 5) is 24.6. The largest absolute Gasteiger partial charge is 0.340 e. The van der Waals surface area contributed by atoms with Gasteiger partial charge in [0.2, 0.25) is 0 Å². The number of carbonyl (C=O) groups excluding carboxylic acids is 1. The molecule has 2 rings (SSSR count). The van der Waals surface area contributed by atoms with Crippen molar-refractivity contribution in [2.24, 2.45) is 0 Å². The molecule has 7 heteroatoms. The normalized spacial score (nSPS) is 11.2. The molecule has 0 aliphatic rings. The lowest BCUT2D eigenvalue weighted by Gasteiger charge is -2.25. The average molecular weight is 414 g/mol. The lowest BCUT2D eigenvalue weighted by Crippen LogP contribution is -2.36. The average Bonchev–Trinajstić information content (AvgIpc) is 2.72. The summed E-state index contributed by atoms with van der Waals surface area (Å²) in [6.45, 7) is 11.5. The summed E-state index contributed by atoms with van der Waals surface area (Å²) in [5.41, 5.74) is 7.49. The number of aromatic nitrogens is 2. The minimum atomic E-state index is -0.485. The number of pyridine rings is 2. The van der Waals surface area contributed by atoms with Crippen LogP contribution in [0.15, 0.2) is 30.6 Å². The van der Waals surface area contributed by atoms with Gasteiger partial charge in [-0.3, -0.25) is 20.1 Å². The fourth-order valence-corrected chi connectivity index (χ4v) is 3.53. The lowest BCUT2D eigenvalue weighted by molar-refractivity contribution is 0.135. The van der Waals surface area contributed by atoms with Crippen LogP contribution in [0.25, 0.3) is 0 Å². The van der Waals surface area contributed by atoms with Gasteiger partial charge in [0.05, 0.1) is 11.4 Å². The molecule has 164 valence electrons. The second-order valence-corrected chi connectivity index (χ2v) is 8.23. The van der Waals surface area contributed by atoms with E-state index >= 15 is 0 Å². The predicted molar refractivity (Wildman–Crippen MR) is 118 cm³/mol. The van der Waals surface area contributed by atoms with Gasteiger partial charge in [0.15, 0.2) is 0 Å². The van der Waals surface area contributed by atoms with Crippen molar-refractivity contribution in [2.75, 3.05) is 20.1 Å². The highest BCUT2D eigenvalue weighted by molar-refractivity contribution is 5.72. The first kappa shape index (κ1) is 23.8. The number of urea groups is 1. The fourth-order valence-electron chi connectivity index (χ4n) is 3.53. The van der Waals surface area contributed by atoms with E-state index in [2.05, 4.69) is 54.7 Å². The topological polar surface area (TPSA) is 81.6 Å². The molecule has 0 aliphatic heterocycles. The minimum Gasteiger partial charge on any atom is -0.326 e. The number of hydrogen-bond acceptors (Lipinski definition) is 5. The summed E-state index contributed by atoms with van der Waals surface area (Å²) in [6, 6.07) is 5.84. The van der Waals surface area contributed by atoms with Crippen LogP contribution in [0.4, 0.5) is 4.79 Å². The number of aryl methyl sites for hydroxylation is 2. The van der Waals surface area contributed by atoms with E-state index in [1.165, 1.54) is 21.6 Å². The molecule has 0 saturated heterocycles. The van der Waals surface area contributed by atoms with Gasteiger partial charge < -0.3 is 4.90 Å². The molecule has 2 heterocycles. The summed E-state index contributed by atoms with van der Waals surface area (Å²) >= 11 is 0. The zero-order chi connectivity index (χ0) is 22.1. The van der Waals surface area contributed by atoms with E-state index in [0.717, 1.165) is 43.9 Å². The van der Waals surface area contributed by atoms with Crippen LogP contribution in [0, 0.1) is 13.8 Å². The van der Waals surface area contributed by atoms with Gasteiger partial charge in [-0.2, -0.15) is 0 Å². The number of hydroxylamine groups is 1. The lowest BCUT2D eigenvalue weighted by atomic mass is 10.0. The van der Waals surface area contributed by atoms with Gasteiger partial charge in [-0.25, -0.2) is 10.3 Å². The van der Waals surface area contributed by atoms with Crippen LogP contribution in [0.3, 0.4) is 0 Å². The number of nitrogens with one attached hydrogen (secondary N) is 1. The first-order valence-electron chi connectivity index (χ1n) is 10.5. The molecule has 0 unspecified atom stereocenters. The van der Waals surface area contributed by atoms with Gasteiger partial charge in [0.25, 0.3) is 0 Å². The molecule has 7 nitrogen and oxygen atoms in total. The molecule has 0 fully saturated rings. The van der Waals surface area contributed by atoms with E-state index in [1.807, 2.05) is 18.5 Å². The molecule has 30 heavy (non-hydrogen) atoms. The number of hydrogen-bond donors (Lipinski definition) is 2. The summed E-state index contributed by atoms with van der Waals surface area (Å²) in [7, 11) is 1.67. The van der Waals surface area contributed by atoms with Crippen molar-refractivity contribution < 1.29 is 10.0 Å². The number of carbonyl (C=O) groups is 1. The first-order valence-corrected chi connectivity index (χ1v) is 10.5. The second kappa shape index (κ2) is 11.6. The van der Waals surface area contributed by atoms with Crippen molar-refractivity contribution in [1.82, 2.24) is 25.2 Å². The number of amides is 2. The van der Waals surface area contributed by atoms with Crippen molar-refractivity contribution in [2.45, 2.75) is 59.5 Å². The molecule has 0 radical (unpaired) electrons. The number of unbranched alkanes of at least 4 members (excludes halogenated alkanes) is 1. The first-order chi connectivity index (χ1) is 14.3. The maximum Gasteiger partial charge on any atom is 0.340 e. The Balaban J connectivity index is 2.09.